The molecule has 2 aliphatic heterocycles. The summed E-state index contributed by atoms with van der Waals surface area (Å²) < 4.78 is 25.6. The Hall–Kier alpha value is -2.74. The Morgan fingerprint density at radius 3 is 2.53 bits per heavy atom. The predicted octanol–water partition coefficient (Wildman–Crippen LogP) is 5.74. The number of ether oxygens (including phenoxy) is 2. The maximum absolute atomic E-state index is 13.8. The van der Waals surface area contributed by atoms with Gasteiger partial charge in [-0.25, -0.2) is 4.39 Å². The molecule has 1 saturated heterocycles. The minimum atomic E-state index is -0.328. The summed E-state index contributed by atoms with van der Waals surface area (Å²) in [4.78, 5) is 6.18. The molecule has 0 saturated carbocycles. The standard InChI is InChI=1S/C29H34FN3O2S/c30-24-11-12-26(27(19-24)35-21-23-7-2-1-3-8-23)34-18-6-15-32-16-13-22(14-17-32)20-33-25-9-4-5-10-28(25)36-29(33)31/h1-5,7-12,19,22,29H,6,13-18,20-21,31H2. The summed E-state index contributed by atoms with van der Waals surface area (Å²) in [5, 5.41) is 0. The molecule has 3 aromatic carbocycles. The average Bonchev–Trinajstić information content (AvgIpc) is 3.22. The van der Waals surface area contributed by atoms with E-state index in [0.29, 0.717) is 30.6 Å². The van der Waals surface area contributed by atoms with E-state index in [1.165, 1.54) is 35.6 Å². The highest BCUT2D eigenvalue weighted by molar-refractivity contribution is 8.00. The molecule has 0 radical (unpaired) electrons. The number of fused-ring (bicyclic) bond motifs is 1. The zero-order valence-corrected chi connectivity index (χ0v) is 21.3. The topological polar surface area (TPSA) is 51.0 Å². The van der Waals surface area contributed by atoms with Gasteiger partial charge in [0.1, 0.15) is 17.9 Å². The third kappa shape index (κ3) is 6.33. The fourth-order valence-corrected chi connectivity index (χ4v) is 5.97. The van der Waals surface area contributed by atoms with Crippen LogP contribution in [0, 0.1) is 11.7 Å². The number of hydrogen-bond acceptors (Lipinski definition) is 6. The van der Waals surface area contributed by atoms with E-state index in [-0.39, 0.29) is 11.3 Å². The third-order valence-electron chi connectivity index (χ3n) is 6.91. The Labute approximate surface area is 217 Å². The van der Waals surface area contributed by atoms with E-state index in [1.807, 2.05) is 30.3 Å². The number of anilines is 1. The fraction of sp³-hybridized carbons (Fsp3) is 0.379. The van der Waals surface area contributed by atoms with E-state index in [2.05, 4.69) is 34.1 Å². The van der Waals surface area contributed by atoms with Crippen LogP contribution >= 0.6 is 11.8 Å². The summed E-state index contributed by atoms with van der Waals surface area (Å²) in [6.45, 7) is 5.18. The molecule has 0 amide bonds. The van der Waals surface area contributed by atoms with Gasteiger partial charge >= 0.3 is 0 Å². The van der Waals surface area contributed by atoms with Crippen LogP contribution in [0.15, 0.2) is 77.7 Å². The van der Waals surface area contributed by atoms with Crippen molar-refractivity contribution in [2.24, 2.45) is 11.7 Å². The van der Waals surface area contributed by atoms with E-state index in [1.54, 1.807) is 17.8 Å². The lowest BCUT2D eigenvalue weighted by atomic mass is 9.96. The quantitative estimate of drug-likeness (QED) is 0.353. The molecule has 0 spiro atoms. The predicted molar refractivity (Wildman–Crippen MR) is 144 cm³/mol. The molecule has 5 nitrogen and oxygen atoms in total. The second-order valence-electron chi connectivity index (χ2n) is 9.48. The van der Waals surface area contributed by atoms with Crippen molar-refractivity contribution >= 4 is 17.4 Å². The fourth-order valence-electron chi connectivity index (χ4n) is 4.92. The first kappa shape index (κ1) is 24.9. The summed E-state index contributed by atoms with van der Waals surface area (Å²) >= 11 is 1.75. The van der Waals surface area contributed by atoms with E-state index in [0.717, 1.165) is 38.2 Å². The Morgan fingerprint density at radius 1 is 0.917 bits per heavy atom. The van der Waals surface area contributed by atoms with E-state index >= 15 is 0 Å². The number of halogens is 1. The van der Waals surface area contributed by atoms with Crippen molar-refractivity contribution in [2.75, 3.05) is 37.7 Å². The van der Waals surface area contributed by atoms with Gasteiger partial charge in [-0.2, -0.15) is 0 Å². The molecule has 3 aromatic rings. The van der Waals surface area contributed by atoms with Crippen molar-refractivity contribution < 1.29 is 13.9 Å². The van der Waals surface area contributed by atoms with E-state index < -0.39 is 0 Å². The van der Waals surface area contributed by atoms with Crippen LogP contribution in [-0.4, -0.2) is 43.2 Å². The van der Waals surface area contributed by atoms with E-state index in [4.69, 9.17) is 15.2 Å². The number of likely N-dealkylation sites (tertiary alicyclic amines) is 1. The third-order valence-corrected chi connectivity index (χ3v) is 8.01. The molecule has 2 N–H and O–H groups in total. The van der Waals surface area contributed by atoms with Crippen LogP contribution in [0.4, 0.5) is 10.1 Å². The first-order valence-electron chi connectivity index (χ1n) is 12.7. The van der Waals surface area contributed by atoms with Crippen LogP contribution in [0.3, 0.4) is 0 Å². The number of piperidine rings is 1. The molecule has 5 rings (SSSR count). The number of para-hydroxylation sites is 1. The van der Waals surface area contributed by atoms with Gasteiger partial charge in [-0.05, 0) is 68.1 Å². The largest absolute Gasteiger partial charge is 0.490 e. The van der Waals surface area contributed by atoms with Gasteiger partial charge in [0.25, 0.3) is 0 Å². The highest BCUT2D eigenvalue weighted by atomic mass is 32.2. The normalized spacial score (nSPS) is 18.3. The Bertz CT molecular complexity index is 1120. The highest BCUT2D eigenvalue weighted by Crippen LogP contribution is 2.42. The number of thioether (sulfide) groups is 1. The minimum Gasteiger partial charge on any atom is -0.490 e. The van der Waals surface area contributed by atoms with Crippen molar-refractivity contribution in [3.05, 3.63) is 84.2 Å². The van der Waals surface area contributed by atoms with Gasteiger partial charge in [-0.3, -0.25) is 0 Å². The van der Waals surface area contributed by atoms with Gasteiger partial charge in [0, 0.05) is 24.1 Å². The average molecular weight is 508 g/mol. The molecule has 0 aliphatic carbocycles. The zero-order valence-electron chi connectivity index (χ0n) is 20.5. The van der Waals surface area contributed by atoms with Gasteiger partial charge in [-0.1, -0.05) is 54.2 Å². The number of nitrogens with two attached hydrogens (primary N) is 1. The lowest BCUT2D eigenvalue weighted by Crippen LogP contribution is -2.43. The molecule has 2 aliphatic rings. The molecule has 1 atom stereocenters. The van der Waals surface area contributed by atoms with Crippen molar-refractivity contribution in [3.8, 4) is 11.5 Å². The lowest BCUT2D eigenvalue weighted by molar-refractivity contribution is 0.170. The van der Waals surface area contributed by atoms with Crippen molar-refractivity contribution in [1.82, 2.24) is 4.90 Å². The van der Waals surface area contributed by atoms with Crippen LogP contribution in [0.25, 0.3) is 0 Å². The van der Waals surface area contributed by atoms with Gasteiger partial charge in [-0.15, -0.1) is 0 Å². The number of nitrogens with zero attached hydrogens (tertiary/aromatic N) is 2. The maximum Gasteiger partial charge on any atom is 0.164 e. The van der Waals surface area contributed by atoms with Crippen LogP contribution in [0.1, 0.15) is 24.8 Å². The van der Waals surface area contributed by atoms with Crippen molar-refractivity contribution in [3.63, 3.8) is 0 Å². The van der Waals surface area contributed by atoms with Crippen LogP contribution in [-0.2, 0) is 6.61 Å². The van der Waals surface area contributed by atoms with Crippen LogP contribution in [0.2, 0.25) is 0 Å². The van der Waals surface area contributed by atoms with E-state index in [9.17, 15) is 4.39 Å². The van der Waals surface area contributed by atoms with Gasteiger partial charge in [0.05, 0.1) is 12.3 Å². The van der Waals surface area contributed by atoms with Crippen LogP contribution in [0.5, 0.6) is 11.5 Å². The highest BCUT2D eigenvalue weighted by Gasteiger charge is 2.30. The molecular weight excluding hydrogens is 473 g/mol. The minimum absolute atomic E-state index is 0.0191. The summed E-state index contributed by atoms with van der Waals surface area (Å²) in [5.41, 5.74) is 8.74. The lowest BCUT2D eigenvalue weighted by Gasteiger charge is -2.35. The van der Waals surface area contributed by atoms with Crippen molar-refractivity contribution in [1.29, 1.82) is 0 Å². The number of hydrogen-bond donors (Lipinski definition) is 1. The molecule has 7 heteroatoms. The van der Waals surface area contributed by atoms with Crippen molar-refractivity contribution in [2.45, 2.75) is 36.3 Å². The number of benzene rings is 3. The molecule has 0 aromatic heterocycles. The molecule has 36 heavy (non-hydrogen) atoms. The molecule has 0 bridgehead atoms. The summed E-state index contributed by atoms with van der Waals surface area (Å²) in [5.74, 6) is 1.37. The molecule has 1 fully saturated rings. The Balaban J connectivity index is 1.04. The van der Waals surface area contributed by atoms with Gasteiger partial charge in [0.2, 0.25) is 0 Å². The summed E-state index contributed by atoms with van der Waals surface area (Å²) in [6, 6.07) is 22.8. The Kier molecular flexibility index (Phi) is 8.31. The maximum atomic E-state index is 13.8. The van der Waals surface area contributed by atoms with Gasteiger partial charge < -0.3 is 25.0 Å². The first-order chi connectivity index (χ1) is 17.7. The summed E-state index contributed by atoms with van der Waals surface area (Å²) in [6.07, 6.45) is 3.29. The number of rotatable bonds is 10. The molecule has 1 unspecified atom stereocenters. The SMILES string of the molecule is NC1Sc2ccccc2N1CC1CCN(CCCOc2ccc(F)cc2OCc2ccccc2)CC1. The monoisotopic (exact) mass is 507 g/mol. The second-order valence-corrected chi connectivity index (χ2v) is 10.6. The Morgan fingerprint density at radius 2 is 1.69 bits per heavy atom. The smallest absolute Gasteiger partial charge is 0.164 e. The first-order valence-corrected chi connectivity index (χ1v) is 13.6. The van der Waals surface area contributed by atoms with Gasteiger partial charge in [0.15, 0.2) is 11.5 Å². The molecule has 2 heterocycles. The summed E-state index contributed by atoms with van der Waals surface area (Å²) in [7, 11) is 0. The molecule has 190 valence electrons. The molecular formula is C29H34FN3O2S. The van der Waals surface area contributed by atoms with Crippen LogP contribution < -0.4 is 20.1 Å². The zero-order chi connectivity index (χ0) is 24.7. The second kappa shape index (κ2) is 12.0.